The first-order chi connectivity index (χ1) is 5.29. The lowest BCUT2D eigenvalue weighted by atomic mass is 10.2. The van der Waals surface area contributed by atoms with Crippen molar-refractivity contribution < 1.29 is 0 Å². The zero-order valence-corrected chi connectivity index (χ0v) is 6.55. The Balaban J connectivity index is 2.92. The molecule has 0 unspecified atom stereocenters. The molecule has 2 rings (SSSR count). The number of nitrogens with zero attached hydrogens (tertiary/aromatic N) is 2. The van der Waals surface area contributed by atoms with Gasteiger partial charge < -0.3 is 4.98 Å². The molecule has 0 radical (unpaired) electrons. The van der Waals surface area contributed by atoms with Gasteiger partial charge >= 0.3 is 0 Å². The van der Waals surface area contributed by atoms with Crippen molar-refractivity contribution in [3.63, 3.8) is 0 Å². The van der Waals surface area contributed by atoms with E-state index in [0.717, 1.165) is 10.9 Å². The van der Waals surface area contributed by atoms with E-state index in [0.29, 0.717) is 0 Å². The smallest absolute Gasteiger partial charge is 0.0737 e. The van der Waals surface area contributed by atoms with E-state index in [2.05, 4.69) is 29.0 Å². The van der Waals surface area contributed by atoms with Crippen LogP contribution in [0.4, 0.5) is 0 Å². The molecule has 0 aliphatic heterocycles. The fraction of sp³-hybridized carbons (Fsp3) is 0.250. The number of hydrogen-bond acceptors (Lipinski definition) is 2. The van der Waals surface area contributed by atoms with Gasteiger partial charge in [0.15, 0.2) is 0 Å². The van der Waals surface area contributed by atoms with Crippen molar-refractivity contribution in [2.24, 2.45) is 0 Å². The number of hydrogen-bond donors (Lipinski definition) is 1. The molecular formula is C8H9N3. The number of rotatable bonds is 0. The van der Waals surface area contributed by atoms with E-state index in [4.69, 9.17) is 0 Å². The summed E-state index contributed by atoms with van der Waals surface area (Å²) in [6.07, 6.45) is 3.53. The molecule has 0 amide bonds. The minimum Gasteiger partial charge on any atom is -0.357 e. The molecule has 0 spiro atoms. The van der Waals surface area contributed by atoms with Crippen LogP contribution < -0.4 is 0 Å². The summed E-state index contributed by atoms with van der Waals surface area (Å²) in [4.78, 5) is 3.22. The second kappa shape index (κ2) is 2.05. The maximum absolute atomic E-state index is 3.82. The Morgan fingerprint density at radius 3 is 2.64 bits per heavy atom. The molecule has 11 heavy (non-hydrogen) atoms. The van der Waals surface area contributed by atoms with Gasteiger partial charge in [0.05, 0.1) is 17.9 Å². The maximum atomic E-state index is 3.82. The molecule has 56 valence electrons. The van der Waals surface area contributed by atoms with Crippen molar-refractivity contribution in [2.45, 2.75) is 13.8 Å². The molecule has 0 aliphatic carbocycles. The van der Waals surface area contributed by atoms with Crippen LogP contribution in [-0.2, 0) is 0 Å². The molecule has 0 aliphatic rings. The largest absolute Gasteiger partial charge is 0.357 e. The summed E-state index contributed by atoms with van der Waals surface area (Å²) in [6, 6.07) is 0. The SMILES string of the molecule is Cc1[nH]c2cnncc2c1C. The van der Waals surface area contributed by atoms with Gasteiger partial charge in [0, 0.05) is 11.1 Å². The summed E-state index contributed by atoms with van der Waals surface area (Å²) in [6.45, 7) is 4.13. The monoisotopic (exact) mass is 147 g/mol. The second-order valence-electron chi connectivity index (χ2n) is 2.69. The fourth-order valence-corrected chi connectivity index (χ4v) is 1.22. The molecule has 0 saturated heterocycles. The zero-order valence-electron chi connectivity index (χ0n) is 6.55. The number of aryl methyl sites for hydroxylation is 2. The van der Waals surface area contributed by atoms with Gasteiger partial charge in [0.1, 0.15) is 0 Å². The lowest BCUT2D eigenvalue weighted by Crippen LogP contribution is -1.77. The summed E-state index contributed by atoms with van der Waals surface area (Å²) in [5, 5.41) is 8.77. The van der Waals surface area contributed by atoms with Crippen LogP contribution in [0.1, 0.15) is 11.3 Å². The van der Waals surface area contributed by atoms with Crippen LogP contribution in [-0.4, -0.2) is 15.2 Å². The Morgan fingerprint density at radius 2 is 1.91 bits per heavy atom. The minimum atomic E-state index is 1.06. The van der Waals surface area contributed by atoms with Gasteiger partial charge in [-0.15, -0.1) is 0 Å². The Bertz CT molecular complexity index is 389. The minimum absolute atomic E-state index is 1.06. The molecule has 3 nitrogen and oxygen atoms in total. The van der Waals surface area contributed by atoms with Gasteiger partial charge in [-0.2, -0.15) is 10.2 Å². The highest BCUT2D eigenvalue weighted by atomic mass is 15.1. The average Bonchev–Trinajstić information content (AvgIpc) is 2.30. The molecule has 0 atom stereocenters. The van der Waals surface area contributed by atoms with Gasteiger partial charge in [-0.05, 0) is 19.4 Å². The summed E-state index contributed by atoms with van der Waals surface area (Å²) >= 11 is 0. The van der Waals surface area contributed by atoms with E-state index in [9.17, 15) is 0 Å². The normalized spacial score (nSPS) is 10.7. The number of aromatic nitrogens is 3. The van der Waals surface area contributed by atoms with Gasteiger partial charge in [-0.1, -0.05) is 0 Å². The predicted molar refractivity (Wildman–Crippen MR) is 43.4 cm³/mol. The van der Waals surface area contributed by atoms with E-state index in [-0.39, 0.29) is 0 Å². The van der Waals surface area contributed by atoms with Gasteiger partial charge in [-0.25, -0.2) is 0 Å². The van der Waals surface area contributed by atoms with E-state index in [1.165, 1.54) is 11.3 Å². The topological polar surface area (TPSA) is 41.6 Å². The molecule has 3 heteroatoms. The van der Waals surface area contributed by atoms with E-state index in [1.807, 2.05) is 0 Å². The van der Waals surface area contributed by atoms with E-state index < -0.39 is 0 Å². The quantitative estimate of drug-likeness (QED) is 0.614. The molecule has 0 aromatic carbocycles. The first kappa shape index (κ1) is 6.34. The molecule has 0 bridgehead atoms. The van der Waals surface area contributed by atoms with Crippen molar-refractivity contribution in [2.75, 3.05) is 0 Å². The lowest BCUT2D eigenvalue weighted by Gasteiger charge is -1.86. The van der Waals surface area contributed by atoms with Crippen LogP contribution in [0.3, 0.4) is 0 Å². The molecule has 2 heterocycles. The molecule has 2 aromatic rings. The Kier molecular flexibility index (Phi) is 1.18. The van der Waals surface area contributed by atoms with Gasteiger partial charge in [0.2, 0.25) is 0 Å². The zero-order chi connectivity index (χ0) is 7.84. The van der Waals surface area contributed by atoms with Crippen molar-refractivity contribution in [1.29, 1.82) is 0 Å². The third-order valence-electron chi connectivity index (χ3n) is 2.02. The van der Waals surface area contributed by atoms with Crippen LogP contribution in [0, 0.1) is 13.8 Å². The second-order valence-corrected chi connectivity index (χ2v) is 2.69. The molecular weight excluding hydrogens is 138 g/mol. The number of fused-ring (bicyclic) bond motifs is 1. The van der Waals surface area contributed by atoms with Crippen LogP contribution in [0.2, 0.25) is 0 Å². The highest BCUT2D eigenvalue weighted by Gasteiger charge is 2.02. The molecule has 2 aromatic heterocycles. The highest BCUT2D eigenvalue weighted by molar-refractivity contribution is 5.82. The predicted octanol–water partition coefficient (Wildman–Crippen LogP) is 1.57. The molecule has 0 fully saturated rings. The van der Waals surface area contributed by atoms with Crippen LogP contribution >= 0.6 is 0 Å². The van der Waals surface area contributed by atoms with Crippen LogP contribution in [0.5, 0.6) is 0 Å². The lowest BCUT2D eigenvalue weighted by molar-refractivity contribution is 1.05. The fourth-order valence-electron chi connectivity index (χ4n) is 1.22. The van der Waals surface area contributed by atoms with E-state index in [1.54, 1.807) is 12.4 Å². The summed E-state index contributed by atoms with van der Waals surface area (Å²) in [5.74, 6) is 0. The molecule has 1 N–H and O–H groups in total. The Labute approximate surface area is 64.5 Å². The van der Waals surface area contributed by atoms with Crippen LogP contribution in [0.25, 0.3) is 10.9 Å². The summed E-state index contributed by atoms with van der Waals surface area (Å²) < 4.78 is 0. The van der Waals surface area contributed by atoms with E-state index >= 15 is 0 Å². The summed E-state index contributed by atoms with van der Waals surface area (Å²) in [7, 11) is 0. The third-order valence-corrected chi connectivity index (χ3v) is 2.02. The van der Waals surface area contributed by atoms with Gasteiger partial charge in [-0.3, -0.25) is 0 Å². The van der Waals surface area contributed by atoms with Crippen LogP contribution in [0.15, 0.2) is 12.4 Å². The van der Waals surface area contributed by atoms with Gasteiger partial charge in [0.25, 0.3) is 0 Å². The van der Waals surface area contributed by atoms with Crippen molar-refractivity contribution >= 4 is 10.9 Å². The first-order valence-electron chi connectivity index (χ1n) is 3.54. The first-order valence-corrected chi connectivity index (χ1v) is 3.54. The highest BCUT2D eigenvalue weighted by Crippen LogP contribution is 2.17. The number of aromatic amines is 1. The van der Waals surface area contributed by atoms with Crippen molar-refractivity contribution in [3.8, 4) is 0 Å². The number of H-pyrrole nitrogens is 1. The Hall–Kier alpha value is -1.38. The summed E-state index contributed by atoms with van der Waals surface area (Å²) in [5.41, 5.74) is 3.51. The third kappa shape index (κ3) is 0.808. The number of nitrogens with one attached hydrogen (secondary N) is 1. The molecule has 0 saturated carbocycles. The Morgan fingerprint density at radius 1 is 1.18 bits per heavy atom. The standard InChI is InChI=1S/C8H9N3/c1-5-6(2)11-8-4-10-9-3-7(5)8/h3-4,11H,1-2H3. The van der Waals surface area contributed by atoms with Crippen molar-refractivity contribution in [3.05, 3.63) is 23.7 Å². The van der Waals surface area contributed by atoms with Crippen molar-refractivity contribution in [1.82, 2.24) is 15.2 Å². The average molecular weight is 147 g/mol. The maximum Gasteiger partial charge on any atom is 0.0737 e.